The zero-order valence-corrected chi connectivity index (χ0v) is 9.71. The third kappa shape index (κ3) is 2.74. The Balaban J connectivity index is 2.14. The van der Waals surface area contributed by atoms with E-state index in [9.17, 15) is 4.79 Å². The van der Waals surface area contributed by atoms with Gasteiger partial charge in [0.1, 0.15) is 6.04 Å². The number of benzene rings is 2. The van der Waals surface area contributed by atoms with E-state index < -0.39 is 6.04 Å². The van der Waals surface area contributed by atoms with E-state index in [1.807, 2.05) is 36.4 Å². The summed E-state index contributed by atoms with van der Waals surface area (Å²) in [4.78, 5) is 11.9. The first-order chi connectivity index (χ1) is 8.81. The molecule has 0 saturated heterocycles. The van der Waals surface area contributed by atoms with Crippen LogP contribution in [0.25, 0.3) is 0 Å². The van der Waals surface area contributed by atoms with E-state index >= 15 is 0 Å². The molecule has 1 N–H and O–H groups in total. The number of carbonyl (C=O) groups excluding carboxylic acids is 1. The smallest absolute Gasteiger partial charge is 0.252 e. The van der Waals surface area contributed by atoms with Crippen molar-refractivity contribution in [3.8, 4) is 6.07 Å². The van der Waals surface area contributed by atoms with Gasteiger partial charge < -0.3 is 5.32 Å². The van der Waals surface area contributed by atoms with Crippen LogP contribution in [-0.4, -0.2) is 5.91 Å². The van der Waals surface area contributed by atoms with Gasteiger partial charge in [0.2, 0.25) is 0 Å². The number of nitriles is 1. The fourth-order valence-electron chi connectivity index (χ4n) is 1.64. The zero-order chi connectivity index (χ0) is 12.8. The Bertz CT molecular complexity index is 558. The summed E-state index contributed by atoms with van der Waals surface area (Å²) in [6.45, 7) is 0. The minimum atomic E-state index is -0.626. The van der Waals surface area contributed by atoms with Gasteiger partial charge in [0.15, 0.2) is 0 Å². The van der Waals surface area contributed by atoms with Crippen LogP contribution in [-0.2, 0) is 0 Å². The summed E-state index contributed by atoms with van der Waals surface area (Å²) in [6.07, 6.45) is 0. The molecule has 2 aromatic carbocycles. The summed E-state index contributed by atoms with van der Waals surface area (Å²) in [6, 6.07) is 19.5. The Morgan fingerprint density at radius 2 is 1.56 bits per heavy atom. The summed E-state index contributed by atoms with van der Waals surface area (Å²) >= 11 is 0. The monoisotopic (exact) mass is 236 g/mol. The molecule has 3 heteroatoms. The van der Waals surface area contributed by atoms with Crippen molar-refractivity contribution in [1.29, 1.82) is 5.26 Å². The third-order valence-electron chi connectivity index (χ3n) is 2.57. The Hall–Kier alpha value is -2.60. The number of hydrogen-bond acceptors (Lipinski definition) is 2. The molecule has 0 spiro atoms. The minimum Gasteiger partial charge on any atom is -0.333 e. The number of carbonyl (C=O) groups is 1. The average molecular weight is 236 g/mol. The molecule has 1 atom stereocenters. The number of rotatable bonds is 3. The highest BCUT2D eigenvalue weighted by Crippen LogP contribution is 2.12. The van der Waals surface area contributed by atoms with E-state index in [0.717, 1.165) is 5.56 Å². The number of nitrogens with one attached hydrogen (secondary N) is 1. The van der Waals surface area contributed by atoms with Gasteiger partial charge in [-0.2, -0.15) is 5.26 Å². The van der Waals surface area contributed by atoms with Gasteiger partial charge in [0, 0.05) is 5.56 Å². The van der Waals surface area contributed by atoms with Crippen LogP contribution >= 0.6 is 0 Å². The van der Waals surface area contributed by atoms with Crippen LogP contribution < -0.4 is 5.32 Å². The summed E-state index contributed by atoms with van der Waals surface area (Å²) in [5.41, 5.74) is 1.33. The molecule has 18 heavy (non-hydrogen) atoms. The molecule has 0 saturated carbocycles. The van der Waals surface area contributed by atoms with E-state index in [-0.39, 0.29) is 5.91 Å². The highest BCUT2D eigenvalue weighted by molar-refractivity contribution is 5.94. The van der Waals surface area contributed by atoms with Crippen molar-refractivity contribution >= 4 is 5.91 Å². The van der Waals surface area contributed by atoms with E-state index in [0.29, 0.717) is 5.56 Å². The maximum atomic E-state index is 11.9. The lowest BCUT2D eigenvalue weighted by Gasteiger charge is -2.11. The largest absolute Gasteiger partial charge is 0.333 e. The highest BCUT2D eigenvalue weighted by atomic mass is 16.1. The van der Waals surface area contributed by atoms with Crippen LogP contribution in [0.1, 0.15) is 22.0 Å². The molecule has 0 heterocycles. The van der Waals surface area contributed by atoms with Gasteiger partial charge in [-0.05, 0) is 17.7 Å². The lowest BCUT2D eigenvalue weighted by atomic mass is 10.1. The Morgan fingerprint density at radius 1 is 1.00 bits per heavy atom. The van der Waals surface area contributed by atoms with Crippen molar-refractivity contribution in [3.05, 3.63) is 71.8 Å². The van der Waals surface area contributed by atoms with Crippen LogP contribution in [0.4, 0.5) is 0 Å². The molecule has 88 valence electrons. The molecule has 1 amide bonds. The molecule has 0 bridgehead atoms. The predicted octanol–water partition coefficient (Wildman–Crippen LogP) is 2.68. The second-order valence-corrected chi connectivity index (χ2v) is 3.81. The molecule has 3 nitrogen and oxygen atoms in total. The first kappa shape index (κ1) is 11.9. The standard InChI is InChI=1S/C15H12N2O/c16-11-14(12-7-3-1-4-8-12)17-15(18)13-9-5-2-6-10-13/h1-10,14H,(H,17,18)/t14-/m1/s1. The molecule has 0 aliphatic carbocycles. The molecular weight excluding hydrogens is 224 g/mol. The van der Waals surface area contributed by atoms with Crippen LogP contribution in [0.2, 0.25) is 0 Å². The van der Waals surface area contributed by atoms with Crippen LogP contribution in [0.5, 0.6) is 0 Å². The van der Waals surface area contributed by atoms with Gasteiger partial charge in [-0.15, -0.1) is 0 Å². The number of amides is 1. The van der Waals surface area contributed by atoms with Gasteiger partial charge in [-0.3, -0.25) is 4.79 Å². The Labute approximate surface area is 106 Å². The van der Waals surface area contributed by atoms with Gasteiger partial charge >= 0.3 is 0 Å². The molecule has 0 fully saturated rings. The SMILES string of the molecule is N#C[C@@H](NC(=O)c1ccccc1)c1ccccc1. The molecule has 2 rings (SSSR count). The van der Waals surface area contributed by atoms with E-state index in [1.54, 1.807) is 24.3 Å². The predicted molar refractivity (Wildman–Crippen MR) is 68.7 cm³/mol. The van der Waals surface area contributed by atoms with E-state index in [2.05, 4.69) is 11.4 Å². The zero-order valence-electron chi connectivity index (χ0n) is 9.71. The fraction of sp³-hybridized carbons (Fsp3) is 0.0667. The Kier molecular flexibility index (Phi) is 3.72. The highest BCUT2D eigenvalue weighted by Gasteiger charge is 2.14. The topological polar surface area (TPSA) is 52.9 Å². The molecule has 0 aromatic heterocycles. The van der Waals surface area contributed by atoms with Crippen molar-refractivity contribution in [2.45, 2.75) is 6.04 Å². The van der Waals surface area contributed by atoms with Crippen molar-refractivity contribution in [2.75, 3.05) is 0 Å². The second kappa shape index (κ2) is 5.65. The van der Waals surface area contributed by atoms with Gasteiger partial charge in [0.05, 0.1) is 6.07 Å². The lowest BCUT2D eigenvalue weighted by Crippen LogP contribution is -2.27. The van der Waals surface area contributed by atoms with Crippen molar-refractivity contribution in [1.82, 2.24) is 5.32 Å². The molecule has 2 aromatic rings. The quantitative estimate of drug-likeness (QED) is 0.890. The molecule has 0 radical (unpaired) electrons. The summed E-state index contributed by atoms with van der Waals surface area (Å²) in [5.74, 6) is -0.244. The van der Waals surface area contributed by atoms with Crippen LogP contribution in [0.15, 0.2) is 60.7 Å². The van der Waals surface area contributed by atoms with E-state index in [1.165, 1.54) is 0 Å². The Morgan fingerprint density at radius 3 is 2.11 bits per heavy atom. The van der Waals surface area contributed by atoms with Crippen LogP contribution in [0, 0.1) is 11.3 Å². The lowest BCUT2D eigenvalue weighted by molar-refractivity contribution is 0.0945. The first-order valence-electron chi connectivity index (χ1n) is 5.62. The molecule has 0 aliphatic heterocycles. The maximum absolute atomic E-state index is 11.9. The van der Waals surface area contributed by atoms with Crippen molar-refractivity contribution in [2.24, 2.45) is 0 Å². The van der Waals surface area contributed by atoms with Gasteiger partial charge in [0.25, 0.3) is 5.91 Å². The fourth-order valence-corrected chi connectivity index (χ4v) is 1.64. The van der Waals surface area contributed by atoms with E-state index in [4.69, 9.17) is 5.26 Å². The normalized spacial score (nSPS) is 11.3. The molecular formula is C15H12N2O. The minimum absolute atomic E-state index is 0.244. The first-order valence-corrected chi connectivity index (χ1v) is 5.62. The van der Waals surface area contributed by atoms with Gasteiger partial charge in [-0.1, -0.05) is 48.5 Å². The summed E-state index contributed by atoms with van der Waals surface area (Å²) < 4.78 is 0. The summed E-state index contributed by atoms with van der Waals surface area (Å²) in [5, 5.41) is 11.8. The number of nitrogens with zero attached hydrogens (tertiary/aromatic N) is 1. The van der Waals surface area contributed by atoms with Gasteiger partial charge in [-0.25, -0.2) is 0 Å². The second-order valence-electron chi connectivity index (χ2n) is 3.81. The van der Waals surface area contributed by atoms with Crippen molar-refractivity contribution in [3.63, 3.8) is 0 Å². The average Bonchev–Trinajstić information content (AvgIpc) is 2.46. The van der Waals surface area contributed by atoms with Crippen LogP contribution in [0.3, 0.4) is 0 Å². The van der Waals surface area contributed by atoms with Crippen molar-refractivity contribution < 1.29 is 4.79 Å². The summed E-state index contributed by atoms with van der Waals surface area (Å²) in [7, 11) is 0. The molecule has 0 unspecified atom stereocenters. The third-order valence-corrected chi connectivity index (χ3v) is 2.57. The maximum Gasteiger partial charge on any atom is 0.252 e. The molecule has 0 aliphatic rings. The number of hydrogen-bond donors (Lipinski definition) is 1.